The van der Waals surface area contributed by atoms with E-state index in [9.17, 15) is 14.9 Å². The van der Waals surface area contributed by atoms with Crippen molar-refractivity contribution >= 4 is 17.9 Å². The lowest BCUT2D eigenvalue weighted by Crippen LogP contribution is -2.49. The number of carbonyl (C=O) groups is 1. The monoisotopic (exact) mass is 366 g/mol. The largest absolute Gasteiger partial charge is 0.444 e. The summed E-state index contributed by atoms with van der Waals surface area (Å²) in [6, 6.07) is 9.97. The van der Waals surface area contributed by atoms with Crippen molar-refractivity contribution in [1.29, 1.82) is 0 Å². The molecular formula is C18H26N2O4S. The van der Waals surface area contributed by atoms with Crippen LogP contribution in [0.15, 0.2) is 30.3 Å². The molecule has 2 rings (SSSR count). The second-order valence-electron chi connectivity index (χ2n) is 7.42. The fraction of sp³-hybridized carbons (Fsp3) is 0.611. The van der Waals surface area contributed by atoms with Gasteiger partial charge >= 0.3 is 6.09 Å². The molecule has 0 spiro atoms. The highest BCUT2D eigenvalue weighted by Gasteiger charge is 2.41. The average molecular weight is 366 g/mol. The van der Waals surface area contributed by atoms with E-state index in [4.69, 9.17) is 4.74 Å². The van der Waals surface area contributed by atoms with Gasteiger partial charge in [-0.25, -0.2) is 4.79 Å². The maximum Gasteiger partial charge on any atom is 0.410 e. The number of carbonyl (C=O) groups excluding carboxylic acids is 1. The second kappa shape index (κ2) is 8.08. The first kappa shape index (κ1) is 19.6. The third-order valence-electron chi connectivity index (χ3n) is 4.13. The number of nitro groups is 1. The molecule has 25 heavy (non-hydrogen) atoms. The first-order chi connectivity index (χ1) is 11.7. The highest BCUT2D eigenvalue weighted by molar-refractivity contribution is 7.99. The van der Waals surface area contributed by atoms with Crippen molar-refractivity contribution in [3.63, 3.8) is 0 Å². The van der Waals surface area contributed by atoms with Crippen molar-refractivity contribution < 1.29 is 14.5 Å². The minimum atomic E-state index is -0.533. The molecule has 1 saturated heterocycles. The molecule has 1 aromatic rings. The fourth-order valence-corrected chi connectivity index (χ4v) is 4.15. The Balaban J connectivity index is 1.98. The number of rotatable bonds is 5. The molecule has 0 aromatic heterocycles. The van der Waals surface area contributed by atoms with Crippen LogP contribution in [0, 0.1) is 10.1 Å². The molecule has 0 saturated carbocycles. The highest BCUT2D eigenvalue weighted by Crippen LogP contribution is 2.38. The van der Waals surface area contributed by atoms with Crippen LogP contribution in [-0.2, 0) is 10.5 Å². The SMILES string of the molecule is CC(C)(C)OC(=O)N1CCC(C[N+](=O)[O-])(SCc2ccccc2)CC1. The van der Waals surface area contributed by atoms with Gasteiger partial charge in [0.2, 0.25) is 6.54 Å². The zero-order valence-electron chi connectivity index (χ0n) is 15.1. The first-order valence-electron chi connectivity index (χ1n) is 8.47. The Kier molecular flexibility index (Phi) is 6.32. The smallest absolute Gasteiger partial charge is 0.410 e. The molecule has 0 unspecified atom stereocenters. The number of nitrogens with zero attached hydrogens (tertiary/aromatic N) is 2. The number of amides is 1. The summed E-state index contributed by atoms with van der Waals surface area (Å²) in [7, 11) is 0. The van der Waals surface area contributed by atoms with Gasteiger partial charge in [-0.3, -0.25) is 10.1 Å². The van der Waals surface area contributed by atoms with Gasteiger partial charge in [-0.2, -0.15) is 0 Å². The van der Waals surface area contributed by atoms with Crippen LogP contribution >= 0.6 is 11.8 Å². The molecule has 138 valence electrons. The van der Waals surface area contributed by atoms with Crippen LogP contribution in [0.4, 0.5) is 4.79 Å². The van der Waals surface area contributed by atoms with E-state index in [1.54, 1.807) is 16.7 Å². The average Bonchev–Trinajstić information content (AvgIpc) is 2.52. The lowest BCUT2D eigenvalue weighted by atomic mass is 9.96. The van der Waals surface area contributed by atoms with E-state index in [-0.39, 0.29) is 17.6 Å². The molecule has 7 heteroatoms. The molecule has 0 N–H and O–H groups in total. The van der Waals surface area contributed by atoms with E-state index in [0.717, 1.165) is 11.3 Å². The molecule has 1 aromatic carbocycles. The number of piperidine rings is 1. The third kappa shape index (κ3) is 6.23. The number of hydrogen-bond donors (Lipinski definition) is 0. The third-order valence-corrected chi connectivity index (χ3v) is 5.76. The number of ether oxygens (including phenoxy) is 1. The minimum Gasteiger partial charge on any atom is -0.444 e. The summed E-state index contributed by atoms with van der Waals surface area (Å²) in [5.74, 6) is 0.737. The molecular weight excluding hydrogens is 340 g/mol. The van der Waals surface area contributed by atoms with E-state index in [2.05, 4.69) is 0 Å². The van der Waals surface area contributed by atoms with Crippen LogP contribution in [0.5, 0.6) is 0 Å². The summed E-state index contributed by atoms with van der Waals surface area (Å²) in [6.45, 7) is 6.41. The van der Waals surface area contributed by atoms with Crippen molar-refractivity contribution in [2.24, 2.45) is 0 Å². The summed E-state index contributed by atoms with van der Waals surface area (Å²) in [4.78, 5) is 24.8. The number of hydrogen-bond acceptors (Lipinski definition) is 5. The van der Waals surface area contributed by atoms with Crippen molar-refractivity contribution in [3.05, 3.63) is 46.0 Å². The van der Waals surface area contributed by atoms with Crippen molar-refractivity contribution in [2.45, 2.75) is 49.7 Å². The van der Waals surface area contributed by atoms with Crippen LogP contribution in [-0.4, -0.2) is 45.9 Å². The normalized spacial score (nSPS) is 17.2. The van der Waals surface area contributed by atoms with Gasteiger partial charge in [-0.05, 0) is 39.2 Å². The Hall–Kier alpha value is -1.76. The van der Waals surface area contributed by atoms with E-state index in [1.165, 1.54) is 0 Å². The molecule has 1 aliphatic rings. The summed E-state index contributed by atoms with van der Waals surface area (Å²) in [6.07, 6.45) is 0.866. The van der Waals surface area contributed by atoms with Crippen molar-refractivity contribution in [3.8, 4) is 0 Å². The Morgan fingerprint density at radius 3 is 2.40 bits per heavy atom. The number of benzene rings is 1. The maximum absolute atomic E-state index is 12.2. The Labute approximate surface area is 153 Å². The quantitative estimate of drug-likeness (QED) is 0.582. The van der Waals surface area contributed by atoms with Crippen molar-refractivity contribution in [2.75, 3.05) is 19.6 Å². The second-order valence-corrected chi connectivity index (χ2v) is 8.86. The standard InChI is InChI=1S/C18H26N2O4S/c1-17(2,3)24-16(21)19-11-9-18(10-12-19,14-20(22)23)25-13-15-7-5-4-6-8-15/h4-8H,9-14H2,1-3H3. The van der Waals surface area contributed by atoms with Gasteiger partial charge in [0.15, 0.2) is 0 Å². The summed E-state index contributed by atoms with van der Waals surface area (Å²) in [5, 5.41) is 11.2. The molecule has 6 nitrogen and oxygen atoms in total. The van der Waals surface area contributed by atoms with Gasteiger partial charge in [0.1, 0.15) is 5.60 Å². The predicted molar refractivity (Wildman–Crippen MR) is 99.4 cm³/mol. The summed E-state index contributed by atoms with van der Waals surface area (Å²) < 4.78 is 4.97. The predicted octanol–water partition coefficient (Wildman–Crippen LogP) is 3.97. The molecule has 1 heterocycles. The van der Waals surface area contributed by atoms with E-state index < -0.39 is 10.3 Å². The summed E-state index contributed by atoms with van der Waals surface area (Å²) in [5.41, 5.74) is 0.624. The zero-order valence-corrected chi connectivity index (χ0v) is 15.9. The zero-order chi connectivity index (χ0) is 18.5. The van der Waals surface area contributed by atoms with Crippen molar-refractivity contribution in [1.82, 2.24) is 4.90 Å². The Morgan fingerprint density at radius 1 is 1.28 bits per heavy atom. The molecule has 0 bridgehead atoms. The van der Waals surface area contributed by atoms with Crippen LogP contribution in [0.2, 0.25) is 0 Å². The van der Waals surface area contributed by atoms with E-state index in [1.807, 2.05) is 51.1 Å². The Morgan fingerprint density at radius 2 is 1.88 bits per heavy atom. The lowest BCUT2D eigenvalue weighted by molar-refractivity contribution is -0.485. The number of thioether (sulfide) groups is 1. The van der Waals surface area contributed by atoms with Gasteiger partial charge in [-0.15, -0.1) is 11.8 Å². The van der Waals surface area contributed by atoms with Gasteiger partial charge in [0.25, 0.3) is 0 Å². The van der Waals surface area contributed by atoms with Crippen LogP contribution < -0.4 is 0 Å². The molecule has 0 aliphatic carbocycles. The van der Waals surface area contributed by atoms with Gasteiger partial charge in [0, 0.05) is 23.8 Å². The van der Waals surface area contributed by atoms with Crippen LogP contribution in [0.3, 0.4) is 0 Å². The van der Waals surface area contributed by atoms with Crippen LogP contribution in [0.25, 0.3) is 0 Å². The Bertz CT molecular complexity index is 593. The first-order valence-corrected chi connectivity index (χ1v) is 9.45. The summed E-state index contributed by atoms with van der Waals surface area (Å²) >= 11 is 1.63. The molecule has 0 atom stereocenters. The maximum atomic E-state index is 12.2. The van der Waals surface area contributed by atoms with E-state index in [0.29, 0.717) is 25.9 Å². The van der Waals surface area contributed by atoms with Gasteiger partial charge in [-0.1, -0.05) is 30.3 Å². The molecule has 1 fully saturated rings. The van der Waals surface area contributed by atoms with Gasteiger partial charge < -0.3 is 9.64 Å². The van der Waals surface area contributed by atoms with Crippen LogP contribution in [0.1, 0.15) is 39.2 Å². The lowest BCUT2D eigenvalue weighted by Gasteiger charge is -2.39. The topological polar surface area (TPSA) is 72.7 Å². The van der Waals surface area contributed by atoms with E-state index >= 15 is 0 Å². The number of likely N-dealkylation sites (tertiary alicyclic amines) is 1. The highest BCUT2D eigenvalue weighted by atomic mass is 32.2. The molecule has 0 radical (unpaired) electrons. The molecule has 1 amide bonds. The van der Waals surface area contributed by atoms with Gasteiger partial charge in [0.05, 0.1) is 4.75 Å². The minimum absolute atomic E-state index is 0.0767. The fourth-order valence-electron chi connectivity index (χ4n) is 2.82. The molecule has 1 aliphatic heterocycles.